The van der Waals surface area contributed by atoms with Crippen LogP contribution in [0.3, 0.4) is 0 Å². The van der Waals surface area contributed by atoms with Gasteiger partial charge in [-0.05, 0) is 0 Å². The number of aryl methyl sites for hydroxylation is 1. The van der Waals surface area contributed by atoms with Crippen molar-refractivity contribution in [2.75, 3.05) is 0 Å². The van der Waals surface area contributed by atoms with E-state index in [0.717, 1.165) is 9.63 Å². The molecule has 186 valence electrons. The van der Waals surface area contributed by atoms with E-state index < -0.39 is 12.1 Å². The molecule has 0 aliphatic carbocycles. The molecule has 2 heteroatoms. The average Bonchev–Trinajstić information content (AvgIpc) is 3.84. The molecule has 5 atom stereocenters. The molecule has 0 bridgehead atoms. The average molecular weight is 509 g/mol. The van der Waals surface area contributed by atoms with Gasteiger partial charge in [0.1, 0.15) is 0 Å². The topological polar surface area (TPSA) is 20.2 Å². The molecule has 1 N–H and O–H groups in total. The van der Waals surface area contributed by atoms with Crippen molar-refractivity contribution in [1.29, 1.82) is 0 Å². The number of rotatable bonds is 12. The Morgan fingerprint density at radius 1 is 0.657 bits per heavy atom. The van der Waals surface area contributed by atoms with Crippen LogP contribution in [0.2, 0.25) is 47.7 Å². The standard InChI is InChI=1S/C28H35O.C5H5.Fe/c1-2-3-4-5-6-7-8-10-15-24-20-22-27(23-21-24)28(29,26-18-13-14-19-26)25-16-11-9-12-17-25;1-2-4-5-3-1;/h9,11-14,16-23,29H,2-8,10,15H2,1H3;1-5H;. The zero-order valence-electron chi connectivity index (χ0n) is 21.1. The third-order valence-electron chi connectivity index (χ3n) is 20.1. The van der Waals surface area contributed by atoms with Crippen molar-refractivity contribution in [2.24, 2.45) is 0 Å². The fourth-order valence-corrected chi connectivity index (χ4v) is 95.8. The minimum absolute atomic E-state index is 0.396. The molecular weight excluding hydrogens is 468 g/mol. The molecule has 5 unspecified atom stereocenters. The van der Waals surface area contributed by atoms with Gasteiger partial charge in [0.05, 0.1) is 0 Å². The molecule has 12 rings (SSSR count). The maximum atomic E-state index is 13.2. The van der Waals surface area contributed by atoms with Crippen LogP contribution in [-0.2, 0) is 18.5 Å². The van der Waals surface area contributed by atoms with Crippen molar-refractivity contribution >= 4 is 0 Å². The van der Waals surface area contributed by atoms with Gasteiger partial charge in [-0.2, -0.15) is 0 Å². The van der Waals surface area contributed by atoms with E-state index in [9.17, 15) is 5.11 Å². The van der Waals surface area contributed by atoms with Crippen LogP contribution in [0.4, 0.5) is 0 Å². The quantitative estimate of drug-likeness (QED) is 0.224. The van der Waals surface area contributed by atoms with Crippen LogP contribution in [0.1, 0.15) is 75.0 Å². The number of hydrogen-bond donors (Lipinski definition) is 1. The van der Waals surface area contributed by atoms with E-state index in [1.165, 1.54) is 108 Å². The Bertz CT molecular complexity index is 1600. The van der Waals surface area contributed by atoms with Crippen LogP contribution >= 0.6 is 0 Å². The molecule has 10 saturated heterocycles. The van der Waals surface area contributed by atoms with Gasteiger partial charge in [0, 0.05) is 0 Å². The normalized spacial score (nSPS) is 65.7. The van der Waals surface area contributed by atoms with Gasteiger partial charge in [0.2, 0.25) is 0 Å². The van der Waals surface area contributed by atoms with E-state index in [-0.39, 0.29) is 0 Å². The Kier molecular flexibility index (Phi) is 1.44. The summed E-state index contributed by atoms with van der Waals surface area (Å²) in [5.74, 6) is 0. The van der Waals surface area contributed by atoms with E-state index in [4.69, 9.17) is 0 Å². The summed E-state index contributed by atoms with van der Waals surface area (Å²) in [5, 5.41) is 13.2. The molecule has 0 amide bonds. The molecule has 10 fully saturated rings. The van der Waals surface area contributed by atoms with Gasteiger partial charge in [-0.25, -0.2) is 0 Å². The van der Waals surface area contributed by atoms with Crippen molar-refractivity contribution < 1.29 is 11.6 Å². The molecule has 10 heterocycles. The van der Waals surface area contributed by atoms with E-state index >= 15 is 0 Å². The van der Waals surface area contributed by atoms with Crippen LogP contribution < -0.4 is 0 Å². The number of fused-ring (bicyclic) bond motifs is 10. The van der Waals surface area contributed by atoms with Crippen LogP contribution in [0, 0.1) is 0 Å². The SMILES string of the molecule is CCCCCCCCCCc1ccc(C(O)(c2ccccc2)[C]23[CH]4[CH]5[CH]6[CH]2[Fe]56432789[CH]3[CH]2[CH]7[CH]8[CH]39)cc1. The molecule has 2 aromatic carbocycles. The summed E-state index contributed by atoms with van der Waals surface area (Å²) in [6.45, 7) is -1.22. The number of benzene rings is 2. The molecular formula is C33H40FeO. The molecule has 2 aromatic rings. The van der Waals surface area contributed by atoms with Crippen LogP contribution in [0.5, 0.6) is 0 Å². The van der Waals surface area contributed by atoms with Gasteiger partial charge >= 0.3 is 175 Å². The molecule has 35 heavy (non-hydrogen) atoms. The van der Waals surface area contributed by atoms with Crippen molar-refractivity contribution in [2.45, 2.75) is 118 Å². The van der Waals surface area contributed by atoms with Crippen LogP contribution in [0.25, 0.3) is 0 Å². The molecule has 0 radical (unpaired) electrons. The van der Waals surface area contributed by atoms with Gasteiger partial charge in [0.25, 0.3) is 0 Å². The summed E-state index contributed by atoms with van der Waals surface area (Å²) in [5.41, 5.74) is 3.28. The van der Waals surface area contributed by atoms with E-state index in [1.54, 1.807) is 0 Å². The minimum atomic E-state index is -3.51. The molecule has 10 aliphatic heterocycles. The summed E-state index contributed by atoms with van der Waals surface area (Å²) in [7, 11) is 0. The third kappa shape index (κ3) is 0.462. The first-order chi connectivity index (χ1) is 16.9. The van der Waals surface area contributed by atoms with Crippen LogP contribution in [-0.4, -0.2) is 5.11 Å². The van der Waals surface area contributed by atoms with Gasteiger partial charge < -0.3 is 0 Å². The second-order valence-electron chi connectivity index (χ2n) is 16.7. The second-order valence-corrected chi connectivity index (χ2v) is 40.2. The first-order valence-electron chi connectivity index (χ1n) is 15.0. The fourth-order valence-electron chi connectivity index (χ4n) is 20.9. The van der Waals surface area contributed by atoms with Crippen molar-refractivity contribution in [3.63, 3.8) is 0 Å². The first kappa shape index (κ1) is 18.2. The van der Waals surface area contributed by atoms with Crippen molar-refractivity contribution in [3.05, 3.63) is 71.3 Å². The summed E-state index contributed by atoms with van der Waals surface area (Å²) in [4.78, 5) is 10.8. The Morgan fingerprint density at radius 3 is 1.66 bits per heavy atom. The predicted octanol–water partition coefficient (Wildman–Crippen LogP) is 9.36. The zero-order valence-corrected chi connectivity index (χ0v) is 22.2. The van der Waals surface area contributed by atoms with E-state index in [2.05, 4.69) is 61.5 Å². The van der Waals surface area contributed by atoms with E-state index in [1.807, 2.05) is 0 Å². The Hall–Kier alpha value is -1.08. The molecule has 10 aliphatic rings. The fraction of sp³-hybridized carbons (Fsp3) is 0.636. The molecule has 0 aromatic heterocycles. The van der Waals surface area contributed by atoms with Gasteiger partial charge in [-0.3, -0.25) is 0 Å². The summed E-state index contributed by atoms with van der Waals surface area (Å²) in [6.07, 6.45) is 12.3. The Morgan fingerprint density at radius 2 is 1.17 bits per heavy atom. The van der Waals surface area contributed by atoms with Gasteiger partial charge in [-0.15, -0.1) is 0 Å². The maximum absolute atomic E-state index is 13.2. The van der Waals surface area contributed by atoms with E-state index in [0.29, 0.717) is 4.31 Å². The Balaban J connectivity index is 0.883. The van der Waals surface area contributed by atoms with Gasteiger partial charge in [-0.1, -0.05) is 26.2 Å². The molecule has 1 nitrogen and oxygen atoms in total. The third-order valence-corrected chi connectivity index (χ3v) is 62.6. The summed E-state index contributed by atoms with van der Waals surface area (Å²) < 4.78 is 0.396. The van der Waals surface area contributed by atoms with Crippen molar-refractivity contribution in [3.8, 4) is 0 Å². The van der Waals surface area contributed by atoms with Gasteiger partial charge in [0.15, 0.2) is 0 Å². The Labute approximate surface area is 200 Å². The number of aliphatic hydroxyl groups is 1. The monoisotopic (exact) mass is 508 g/mol. The van der Waals surface area contributed by atoms with Crippen molar-refractivity contribution in [1.82, 2.24) is 0 Å². The zero-order chi connectivity index (χ0) is 23.0. The summed E-state index contributed by atoms with van der Waals surface area (Å²) in [6, 6.07) is 20.6. The second kappa shape index (κ2) is 2.78. The number of unbranched alkanes of at least 4 members (excludes halogenated alkanes) is 7. The first-order valence-corrected chi connectivity index (χ1v) is 21.3. The van der Waals surface area contributed by atoms with Crippen LogP contribution in [0.15, 0.2) is 54.6 Å². The summed E-state index contributed by atoms with van der Waals surface area (Å²) >= 11 is 0. The number of hydrogen-bond acceptors (Lipinski definition) is 1. The molecule has 1 spiro atoms. The predicted molar refractivity (Wildman–Crippen MR) is 139 cm³/mol. The molecule has 0 saturated carbocycles.